The molecule has 0 bridgehead atoms. The van der Waals surface area contributed by atoms with Crippen molar-refractivity contribution in [3.05, 3.63) is 41.6 Å². The first-order valence-corrected chi connectivity index (χ1v) is 5.19. The fraction of sp³-hybridized carbons (Fsp3) is 0.250. The molecule has 0 aliphatic rings. The molecule has 1 atom stereocenters. The Balaban J connectivity index is 2.86. The van der Waals surface area contributed by atoms with E-state index in [0.717, 1.165) is 18.3 Å². The molecule has 0 saturated heterocycles. The van der Waals surface area contributed by atoms with Crippen molar-refractivity contribution < 1.29 is 8.78 Å². The van der Waals surface area contributed by atoms with Crippen molar-refractivity contribution in [1.82, 2.24) is 5.32 Å². The van der Waals surface area contributed by atoms with Gasteiger partial charge in [0.2, 0.25) is 0 Å². The van der Waals surface area contributed by atoms with Gasteiger partial charge in [-0.2, -0.15) is 0 Å². The van der Waals surface area contributed by atoms with Crippen LogP contribution in [0.1, 0.15) is 12.5 Å². The van der Waals surface area contributed by atoms with Crippen LogP contribution < -0.4 is 11.1 Å². The number of hydrogen-bond donors (Lipinski definition) is 3. The predicted molar refractivity (Wildman–Crippen MR) is 64.8 cm³/mol. The molecule has 92 valence electrons. The summed E-state index contributed by atoms with van der Waals surface area (Å²) < 4.78 is 25.7. The first-order chi connectivity index (χ1) is 8.04. The second kappa shape index (κ2) is 6.10. The molecule has 1 rings (SSSR count). The SMILES string of the molecule is C[C@H](N)CN/C=C(\C=N)c1ccc(F)c(F)c1. The van der Waals surface area contributed by atoms with Gasteiger partial charge in [0.15, 0.2) is 11.6 Å². The first kappa shape index (κ1) is 13.3. The smallest absolute Gasteiger partial charge is 0.159 e. The molecule has 0 radical (unpaired) electrons. The molecular weight excluding hydrogens is 224 g/mol. The average Bonchev–Trinajstić information content (AvgIpc) is 2.28. The summed E-state index contributed by atoms with van der Waals surface area (Å²) in [5.74, 6) is -1.83. The van der Waals surface area contributed by atoms with Crippen LogP contribution in [0, 0.1) is 17.0 Å². The molecule has 5 heteroatoms. The molecule has 0 heterocycles. The van der Waals surface area contributed by atoms with Crippen molar-refractivity contribution in [2.24, 2.45) is 5.73 Å². The van der Waals surface area contributed by atoms with E-state index < -0.39 is 11.6 Å². The number of nitrogens with two attached hydrogens (primary N) is 1. The normalized spacial score (nSPS) is 13.3. The highest BCUT2D eigenvalue weighted by molar-refractivity contribution is 6.08. The molecule has 4 N–H and O–H groups in total. The molecule has 0 spiro atoms. The summed E-state index contributed by atoms with van der Waals surface area (Å²) >= 11 is 0. The van der Waals surface area contributed by atoms with Crippen LogP contribution in [0.5, 0.6) is 0 Å². The maximum absolute atomic E-state index is 13.0. The molecule has 0 unspecified atom stereocenters. The van der Waals surface area contributed by atoms with E-state index in [1.165, 1.54) is 6.07 Å². The van der Waals surface area contributed by atoms with Crippen molar-refractivity contribution in [3.63, 3.8) is 0 Å². The van der Waals surface area contributed by atoms with Crippen molar-refractivity contribution in [1.29, 1.82) is 5.41 Å². The van der Waals surface area contributed by atoms with Gasteiger partial charge in [-0.25, -0.2) is 8.78 Å². The first-order valence-electron chi connectivity index (χ1n) is 5.19. The summed E-state index contributed by atoms with van der Waals surface area (Å²) in [4.78, 5) is 0. The number of nitrogens with one attached hydrogen (secondary N) is 2. The molecule has 1 aromatic carbocycles. The Morgan fingerprint density at radius 2 is 2.18 bits per heavy atom. The van der Waals surface area contributed by atoms with Crippen LogP contribution in [-0.4, -0.2) is 18.8 Å². The Bertz CT molecular complexity index is 428. The highest BCUT2D eigenvalue weighted by atomic mass is 19.2. The number of hydrogen-bond acceptors (Lipinski definition) is 3. The molecule has 0 aliphatic carbocycles. The Hall–Kier alpha value is -1.75. The number of benzene rings is 1. The van der Waals surface area contributed by atoms with Crippen LogP contribution in [0.2, 0.25) is 0 Å². The zero-order valence-electron chi connectivity index (χ0n) is 9.50. The molecule has 0 aromatic heterocycles. The minimum absolute atomic E-state index is 0.0248. The van der Waals surface area contributed by atoms with Crippen LogP contribution in [0.4, 0.5) is 8.78 Å². The fourth-order valence-electron chi connectivity index (χ4n) is 1.24. The number of halogens is 2. The van der Waals surface area contributed by atoms with Gasteiger partial charge in [0.05, 0.1) is 0 Å². The molecule has 0 saturated carbocycles. The second-order valence-electron chi connectivity index (χ2n) is 3.76. The van der Waals surface area contributed by atoms with E-state index in [1.54, 1.807) is 6.20 Å². The summed E-state index contributed by atoms with van der Waals surface area (Å²) in [6.45, 7) is 2.38. The van der Waals surface area contributed by atoms with Crippen LogP contribution >= 0.6 is 0 Å². The van der Waals surface area contributed by atoms with Gasteiger partial charge in [0, 0.05) is 30.6 Å². The Morgan fingerprint density at radius 1 is 1.47 bits per heavy atom. The lowest BCUT2D eigenvalue weighted by Crippen LogP contribution is -2.28. The van der Waals surface area contributed by atoms with Gasteiger partial charge < -0.3 is 16.5 Å². The van der Waals surface area contributed by atoms with Gasteiger partial charge in [-0.05, 0) is 24.6 Å². The van der Waals surface area contributed by atoms with Crippen LogP contribution in [0.15, 0.2) is 24.4 Å². The summed E-state index contributed by atoms with van der Waals surface area (Å²) in [5, 5.41) is 10.1. The van der Waals surface area contributed by atoms with Gasteiger partial charge in [0.1, 0.15) is 0 Å². The standard InChI is InChI=1S/C12H15F2N3/c1-8(16)6-17-7-10(5-15)9-2-3-11(13)12(14)4-9/h2-5,7-8,15,17H,6,16H2,1H3/b10-7+,15-5?/t8-/m0/s1. The number of allylic oxidation sites excluding steroid dienone is 1. The maximum Gasteiger partial charge on any atom is 0.159 e. The lowest BCUT2D eigenvalue weighted by Gasteiger charge is -2.07. The van der Waals surface area contributed by atoms with Crippen molar-refractivity contribution in [3.8, 4) is 0 Å². The molecule has 0 amide bonds. The highest BCUT2D eigenvalue weighted by Gasteiger charge is 2.05. The molecule has 1 aromatic rings. The molecule has 0 fully saturated rings. The summed E-state index contributed by atoms with van der Waals surface area (Å²) in [6, 6.07) is 3.49. The third-order valence-corrected chi connectivity index (χ3v) is 2.11. The fourth-order valence-corrected chi connectivity index (χ4v) is 1.24. The quantitative estimate of drug-likeness (QED) is 0.687. The third-order valence-electron chi connectivity index (χ3n) is 2.11. The van der Waals surface area contributed by atoms with Gasteiger partial charge in [-0.1, -0.05) is 6.07 Å². The molecule has 17 heavy (non-hydrogen) atoms. The van der Waals surface area contributed by atoms with E-state index in [4.69, 9.17) is 11.1 Å². The van der Waals surface area contributed by atoms with Gasteiger partial charge in [-0.3, -0.25) is 0 Å². The van der Waals surface area contributed by atoms with Crippen LogP contribution in [-0.2, 0) is 0 Å². The van der Waals surface area contributed by atoms with Crippen molar-refractivity contribution in [2.75, 3.05) is 6.54 Å². The second-order valence-corrected chi connectivity index (χ2v) is 3.76. The van der Waals surface area contributed by atoms with E-state index in [0.29, 0.717) is 17.7 Å². The van der Waals surface area contributed by atoms with E-state index in [2.05, 4.69) is 5.32 Å². The largest absolute Gasteiger partial charge is 0.389 e. The minimum atomic E-state index is -0.928. The lowest BCUT2D eigenvalue weighted by atomic mass is 10.1. The Labute approximate surface area is 98.8 Å². The average molecular weight is 239 g/mol. The highest BCUT2D eigenvalue weighted by Crippen LogP contribution is 2.15. The van der Waals surface area contributed by atoms with E-state index >= 15 is 0 Å². The minimum Gasteiger partial charge on any atom is -0.389 e. The van der Waals surface area contributed by atoms with Crippen LogP contribution in [0.3, 0.4) is 0 Å². The predicted octanol–water partition coefficient (Wildman–Crippen LogP) is 1.89. The summed E-state index contributed by atoms with van der Waals surface area (Å²) in [5.41, 5.74) is 6.45. The van der Waals surface area contributed by atoms with E-state index in [9.17, 15) is 8.78 Å². The third kappa shape index (κ3) is 3.96. The van der Waals surface area contributed by atoms with Crippen LogP contribution in [0.25, 0.3) is 5.57 Å². The molecule has 0 aliphatic heterocycles. The van der Waals surface area contributed by atoms with E-state index in [1.807, 2.05) is 6.92 Å². The van der Waals surface area contributed by atoms with Gasteiger partial charge in [0.25, 0.3) is 0 Å². The van der Waals surface area contributed by atoms with Crippen molar-refractivity contribution in [2.45, 2.75) is 13.0 Å². The van der Waals surface area contributed by atoms with E-state index in [-0.39, 0.29) is 6.04 Å². The van der Waals surface area contributed by atoms with Gasteiger partial charge in [-0.15, -0.1) is 0 Å². The monoisotopic (exact) mass is 239 g/mol. The molecular formula is C12H15F2N3. The Kier molecular flexibility index (Phi) is 4.78. The molecule has 3 nitrogen and oxygen atoms in total. The summed E-state index contributed by atoms with van der Waals surface area (Å²) in [6.07, 6.45) is 2.63. The van der Waals surface area contributed by atoms with Gasteiger partial charge >= 0.3 is 0 Å². The maximum atomic E-state index is 13.0. The lowest BCUT2D eigenvalue weighted by molar-refractivity contribution is 0.508. The zero-order valence-corrected chi connectivity index (χ0v) is 9.50. The number of rotatable bonds is 5. The van der Waals surface area contributed by atoms with Crippen molar-refractivity contribution >= 4 is 11.8 Å². The summed E-state index contributed by atoms with van der Waals surface area (Å²) in [7, 11) is 0. The Morgan fingerprint density at radius 3 is 2.71 bits per heavy atom. The zero-order chi connectivity index (χ0) is 12.8. The topological polar surface area (TPSA) is 61.9 Å².